The van der Waals surface area contributed by atoms with Gasteiger partial charge in [-0.25, -0.2) is 0 Å². The molecule has 1 aliphatic heterocycles. The standard InChI is InChI=1S/C26H30ClN3O2.ClH/c1-2-3-7-12-32-24-14-23(28)22(27)13-21(24)26(31)29-25-19-10-11-20(25)17-30(16-19)15-18-8-5-4-6-9-18;/h4-6,8-9,13-14,19-20,25H,2,10-12,15-17,28H2,1H3,(H,29,31);1H. The first-order chi connectivity index (χ1) is 15.5. The molecular formula is C26H31Cl2N3O2. The highest BCUT2D eigenvalue weighted by Crippen LogP contribution is 2.38. The SMILES string of the molecule is CCC#CCOc1cc(N)c(Cl)cc1C(=O)NC1C2CCC1CN(Cc1ccccc1)C2.Cl. The maximum atomic E-state index is 13.2. The van der Waals surface area contributed by atoms with Gasteiger partial charge in [0.15, 0.2) is 0 Å². The number of ether oxygens (including phenoxy) is 1. The van der Waals surface area contributed by atoms with Gasteiger partial charge in [-0.1, -0.05) is 54.8 Å². The molecule has 0 aromatic heterocycles. The third kappa shape index (κ3) is 6.14. The van der Waals surface area contributed by atoms with Crippen molar-refractivity contribution in [2.45, 2.75) is 38.8 Å². The van der Waals surface area contributed by atoms with E-state index in [0.29, 0.717) is 33.9 Å². The van der Waals surface area contributed by atoms with Crippen LogP contribution < -0.4 is 15.8 Å². The molecule has 2 bridgehead atoms. The second-order valence-electron chi connectivity index (χ2n) is 8.64. The smallest absolute Gasteiger partial charge is 0.255 e. The van der Waals surface area contributed by atoms with E-state index in [1.165, 1.54) is 5.56 Å². The largest absolute Gasteiger partial charge is 0.480 e. The number of anilines is 1. The number of halogens is 2. The predicted octanol–water partition coefficient (Wildman–Crippen LogP) is 4.78. The number of hydrogen-bond acceptors (Lipinski definition) is 4. The van der Waals surface area contributed by atoms with Gasteiger partial charge in [0.25, 0.3) is 5.91 Å². The van der Waals surface area contributed by atoms with Gasteiger partial charge < -0.3 is 15.8 Å². The summed E-state index contributed by atoms with van der Waals surface area (Å²) in [6, 6.07) is 13.9. The van der Waals surface area contributed by atoms with Crippen LogP contribution in [-0.2, 0) is 6.54 Å². The number of hydrogen-bond donors (Lipinski definition) is 2. The zero-order valence-corrected chi connectivity index (χ0v) is 20.4. The Balaban J connectivity index is 0.00000306. The number of rotatable bonds is 6. The van der Waals surface area contributed by atoms with Gasteiger partial charge in [0.05, 0.1) is 16.3 Å². The Hall–Kier alpha value is -2.39. The Morgan fingerprint density at radius 1 is 1.18 bits per heavy atom. The minimum atomic E-state index is -0.163. The van der Waals surface area contributed by atoms with E-state index >= 15 is 0 Å². The molecule has 1 saturated heterocycles. The van der Waals surface area contributed by atoms with Crippen molar-refractivity contribution in [3.63, 3.8) is 0 Å². The van der Waals surface area contributed by atoms with Crippen LogP contribution in [0.5, 0.6) is 5.75 Å². The number of nitrogens with two attached hydrogens (primary N) is 1. The molecular weight excluding hydrogens is 457 g/mol. The number of piperidine rings is 1. The van der Waals surface area contributed by atoms with Crippen molar-refractivity contribution in [3.8, 4) is 17.6 Å². The third-order valence-electron chi connectivity index (χ3n) is 6.40. The van der Waals surface area contributed by atoms with E-state index < -0.39 is 0 Å². The molecule has 2 fully saturated rings. The Kier molecular flexibility index (Phi) is 8.91. The summed E-state index contributed by atoms with van der Waals surface area (Å²) in [6.45, 7) is 5.13. The van der Waals surface area contributed by atoms with Crippen LogP contribution in [0.2, 0.25) is 5.02 Å². The zero-order valence-electron chi connectivity index (χ0n) is 18.9. The van der Waals surface area contributed by atoms with Gasteiger partial charge in [0.1, 0.15) is 12.4 Å². The molecule has 0 spiro atoms. The van der Waals surface area contributed by atoms with Gasteiger partial charge in [-0.05, 0) is 36.3 Å². The van der Waals surface area contributed by atoms with Gasteiger partial charge in [0.2, 0.25) is 0 Å². The Labute approximate surface area is 207 Å². The van der Waals surface area contributed by atoms with Crippen LogP contribution in [0.15, 0.2) is 42.5 Å². The van der Waals surface area contributed by atoms with Crippen LogP contribution in [0.3, 0.4) is 0 Å². The van der Waals surface area contributed by atoms with Crippen molar-refractivity contribution in [2.75, 3.05) is 25.4 Å². The molecule has 7 heteroatoms. The summed E-state index contributed by atoms with van der Waals surface area (Å²) in [4.78, 5) is 15.8. The van der Waals surface area contributed by atoms with Gasteiger partial charge in [0, 0.05) is 38.2 Å². The molecule has 3 N–H and O–H groups in total. The third-order valence-corrected chi connectivity index (χ3v) is 6.73. The Morgan fingerprint density at radius 3 is 2.55 bits per heavy atom. The molecule has 5 nitrogen and oxygen atoms in total. The second-order valence-corrected chi connectivity index (χ2v) is 9.05. The first kappa shape index (κ1) is 25.2. The number of nitrogens with one attached hydrogen (secondary N) is 1. The number of fused-ring (bicyclic) bond motifs is 2. The van der Waals surface area contributed by atoms with Crippen LogP contribution in [0.25, 0.3) is 0 Å². The van der Waals surface area contributed by atoms with Crippen LogP contribution in [0, 0.1) is 23.7 Å². The molecule has 2 aromatic carbocycles. The second kappa shape index (κ2) is 11.7. The maximum absolute atomic E-state index is 13.2. The summed E-state index contributed by atoms with van der Waals surface area (Å²) in [7, 11) is 0. The Bertz CT molecular complexity index is 1010. The molecule has 2 unspecified atom stereocenters. The summed E-state index contributed by atoms with van der Waals surface area (Å²) in [6.07, 6.45) is 3.03. The van der Waals surface area contributed by atoms with Crippen LogP contribution in [0.1, 0.15) is 42.1 Å². The first-order valence-corrected chi connectivity index (χ1v) is 11.7. The summed E-state index contributed by atoms with van der Waals surface area (Å²) in [5.74, 6) is 7.05. The number of nitrogen functional groups attached to an aromatic ring is 1. The fraction of sp³-hybridized carbons (Fsp3) is 0.423. The van der Waals surface area contributed by atoms with Gasteiger partial charge >= 0.3 is 0 Å². The predicted molar refractivity (Wildman–Crippen MR) is 136 cm³/mol. The lowest BCUT2D eigenvalue weighted by atomic mass is 9.91. The van der Waals surface area contributed by atoms with Crippen LogP contribution in [-0.4, -0.2) is 36.5 Å². The number of likely N-dealkylation sites (tertiary alicyclic amines) is 1. The average molecular weight is 488 g/mol. The highest BCUT2D eigenvalue weighted by Gasteiger charge is 2.42. The lowest BCUT2D eigenvalue weighted by molar-refractivity contribution is 0.0822. The fourth-order valence-corrected chi connectivity index (χ4v) is 5.07. The molecule has 1 aliphatic carbocycles. The average Bonchev–Trinajstić information content (AvgIpc) is 3.01. The number of amides is 1. The number of carbonyl (C=O) groups is 1. The number of carbonyl (C=O) groups excluding carboxylic acids is 1. The van der Waals surface area contributed by atoms with Gasteiger partial charge in [-0.3, -0.25) is 9.69 Å². The minimum Gasteiger partial charge on any atom is -0.480 e. The van der Waals surface area contributed by atoms with E-state index in [4.69, 9.17) is 22.1 Å². The van der Waals surface area contributed by atoms with Crippen molar-refractivity contribution in [3.05, 3.63) is 58.6 Å². The highest BCUT2D eigenvalue weighted by molar-refractivity contribution is 6.33. The molecule has 2 aromatic rings. The highest BCUT2D eigenvalue weighted by atomic mass is 35.5. The monoisotopic (exact) mass is 487 g/mol. The van der Waals surface area contributed by atoms with E-state index in [2.05, 4.69) is 46.3 Å². The molecule has 176 valence electrons. The lowest BCUT2D eigenvalue weighted by Gasteiger charge is -2.38. The molecule has 2 aliphatic rings. The minimum absolute atomic E-state index is 0. The van der Waals surface area contributed by atoms with E-state index in [9.17, 15) is 4.79 Å². The molecule has 33 heavy (non-hydrogen) atoms. The summed E-state index contributed by atoms with van der Waals surface area (Å²) in [5.41, 5.74) is 8.08. The van der Waals surface area contributed by atoms with Crippen LogP contribution >= 0.6 is 24.0 Å². The first-order valence-electron chi connectivity index (χ1n) is 11.3. The van der Waals surface area contributed by atoms with Crippen molar-refractivity contribution in [1.82, 2.24) is 10.2 Å². The molecule has 1 saturated carbocycles. The molecule has 1 amide bonds. The van der Waals surface area contributed by atoms with Gasteiger partial charge in [-0.15, -0.1) is 18.3 Å². The lowest BCUT2D eigenvalue weighted by Crippen LogP contribution is -2.52. The van der Waals surface area contributed by atoms with Crippen molar-refractivity contribution in [1.29, 1.82) is 0 Å². The van der Waals surface area contributed by atoms with E-state index in [-0.39, 0.29) is 31.0 Å². The van der Waals surface area contributed by atoms with Crippen molar-refractivity contribution < 1.29 is 9.53 Å². The van der Waals surface area contributed by atoms with E-state index in [0.717, 1.165) is 38.9 Å². The fourth-order valence-electron chi connectivity index (χ4n) is 4.91. The number of benzene rings is 2. The summed E-state index contributed by atoms with van der Waals surface area (Å²) in [5, 5.41) is 3.64. The van der Waals surface area contributed by atoms with Crippen molar-refractivity contribution in [2.24, 2.45) is 11.8 Å². The summed E-state index contributed by atoms with van der Waals surface area (Å²) >= 11 is 6.23. The number of nitrogens with zero attached hydrogens (tertiary/aromatic N) is 1. The van der Waals surface area contributed by atoms with Crippen molar-refractivity contribution >= 4 is 35.6 Å². The Morgan fingerprint density at radius 2 is 1.88 bits per heavy atom. The topological polar surface area (TPSA) is 67.6 Å². The summed E-state index contributed by atoms with van der Waals surface area (Å²) < 4.78 is 5.76. The van der Waals surface area contributed by atoms with E-state index in [1.54, 1.807) is 12.1 Å². The molecule has 0 radical (unpaired) electrons. The quantitative estimate of drug-likeness (QED) is 0.454. The zero-order chi connectivity index (χ0) is 22.5. The van der Waals surface area contributed by atoms with Crippen LogP contribution in [0.4, 0.5) is 5.69 Å². The molecule has 2 atom stereocenters. The van der Waals surface area contributed by atoms with Gasteiger partial charge in [-0.2, -0.15) is 0 Å². The maximum Gasteiger partial charge on any atom is 0.255 e. The molecule has 4 rings (SSSR count). The molecule has 1 heterocycles. The van der Waals surface area contributed by atoms with E-state index in [1.807, 2.05) is 13.0 Å². The normalized spacial score (nSPS) is 21.5.